The summed E-state index contributed by atoms with van der Waals surface area (Å²) >= 11 is 0. The van der Waals surface area contributed by atoms with E-state index in [9.17, 15) is 0 Å². The fourth-order valence-corrected chi connectivity index (χ4v) is 0.258. The molecule has 0 aromatic carbocycles. The lowest BCUT2D eigenvalue weighted by Gasteiger charge is -2.11. The van der Waals surface area contributed by atoms with Gasteiger partial charge >= 0.3 is 0 Å². The highest BCUT2D eigenvalue weighted by molar-refractivity contribution is 4.55. The lowest BCUT2D eigenvalue weighted by Crippen LogP contribution is -2.09. The monoisotopic (exact) mass is 176 g/mol. The van der Waals surface area contributed by atoms with Gasteiger partial charge in [0.05, 0.1) is 0 Å². The van der Waals surface area contributed by atoms with Crippen molar-refractivity contribution in [3.8, 4) is 0 Å². The molecule has 0 saturated carbocycles. The highest BCUT2D eigenvalue weighted by atomic mass is 16.3. The van der Waals surface area contributed by atoms with Gasteiger partial charge in [0, 0.05) is 13.2 Å². The van der Waals surface area contributed by atoms with Gasteiger partial charge in [-0.25, -0.2) is 0 Å². The van der Waals surface area contributed by atoms with Crippen molar-refractivity contribution < 1.29 is 10.2 Å². The third-order valence-electron chi connectivity index (χ3n) is 1.18. The zero-order chi connectivity index (χ0) is 10.2. The summed E-state index contributed by atoms with van der Waals surface area (Å²) in [6.45, 7) is 10.8. The van der Waals surface area contributed by atoms with E-state index in [-0.39, 0.29) is 12.0 Å². The van der Waals surface area contributed by atoms with Gasteiger partial charge in [-0.2, -0.15) is 0 Å². The van der Waals surface area contributed by atoms with Crippen LogP contribution in [0.1, 0.15) is 41.0 Å². The van der Waals surface area contributed by atoms with E-state index in [0.29, 0.717) is 12.5 Å². The predicted octanol–water partition coefficient (Wildman–Crippen LogP) is 2.05. The van der Waals surface area contributed by atoms with E-state index < -0.39 is 0 Å². The number of rotatable bonds is 2. The molecule has 0 spiro atoms. The maximum atomic E-state index is 8.40. The molecule has 0 atom stereocenters. The number of aliphatic hydroxyl groups is 2. The lowest BCUT2D eigenvalue weighted by molar-refractivity contribution is 0.177. The van der Waals surface area contributed by atoms with Crippen molar-refractivity contribution in [3.63, 3.8) is 0 Å². The Hall–Kier alpha value is -0.0800. The summed E-state index contributed by atoms with van der Waals surface area (Å²) in [4.78, 5) is 0. The molecule has 0 saturated heterocycles. The molecule has 0 aliphatic heterocycles. The second-order valence-corrected chi connectivity index (χ2v) is 4.62. The maximum Gasteiger partial charge on any atom is 0.0479 e. The average molecular weight is 176 g/mol. The molecular formula is C10H24O2. The Balaban J connectivity index is 0. The first kappa shape index (κ1) is 14.4. The molecule has 0 amide bonds. The van der Waals surface area contributed by atoms with Crippen molar-refractivity contribution in [2.24, 2.45) is 11.3 Å². The zero-order valence-electron chi connectivity index (χ0n) is 9.09. The Morgan fingerprint density at radius 1 is 1.08 bits per heavy atom. The molecule has 0 heterocycles. The van der Waals surface area contributed by atoms with Crippen LogP contribution in [0.4, 0.5) is 0 Å². The van der Waals surface area contributed by atoms with Crippen LogP contribution in [-0.4, -0.2) is 23.4 Å². The van der Waals surface area contributed by atoms with Gasteiger partial charge in [0.15, 0.2) is 0 Å². The first-order valence-electron chi connectivity index (χ1n) is 4.55. The summed E-state index contributed by atoms with van der Waals surface area (Å²) in [7, 11) is 0. The van der Waals surface area contributed by atoms with Crippen LogP contribution in [0.2, 0.25) is 0 Å². The fourth-order valence-electron chi connectivity index (χ4n) is 0.258. The normalized spacial score (nSPS) is 11.0. The van der Waals surface area contributed by atoms with Crippen LogP contribution in [0.5, 0.6) is 0 Å². The van der Waals surface area contributed by atoms with Crippen molar-refractivity contribution >= 4 is 0 Å². The molecule has 0 rings (SSSR count). The van der Waals surface area contributed by atoms with Crippen LogP contribution in [0.25, 0.3) is 0 Å². The SMILES string of the molecule is CC(C)(C)CO.CC(C)CCO. The molecule has 0 unspecified atom stereocenters. The smallest absolute Gasteiger partial charge is 0.0479 e. The van der Waals surface area contributed by atoms with Crippen LogP contribution in [0.3, 0.4) is 0 Å². The topological polar surface area (TPSA) is 40.5 Å². The summed E-state index contributed by atoms with van der Waals surface area (Å²) in [6.07, 6.45) is 0.931. The molecular weight excluding hydrogens is 152 g/mol. The minimum atomic E-state index is 0.0972. The highest BCUT2D eigenvalue weighted by Gasteiger charge is 2.05. The molecule has 0 aliphatic rings. The second-order valence-electron chi connectivity index (χ2n) is 4.62. The number of hydrogen-bond donors (Lipinski definition) is 2. The van der Waals surface area contributed by atoms with E-state index >= 15 is 0 Å². The van der Waals surface area contributed by atoms with E-state index in [2.05, 4.69) is 13.8 Å². The minimum absolute atomic E-state index is 0.0972. The molecule has 2 N–H and O–H groups in total. The largest absolute Gasteiger partial charge is 0.396 e. The average Bonchev–Trinajstić information content (AvgIpc) is 1.87. The van der Waals surface area contributed by atoms with E-state index in [4.69, 9.17) is 10.2 Å². The highest BCUT2D eigenvalue weighted by Crippen LogP contribution is 2.09. The minimum Gasteiger partial charge on any atom is -0.396 e. The van der Waals surface area contributed by atoms with Crippen LogP contribution in [0, 0.1) is 11.3 Å². The van der Waals surface area contributed by atoms with Crippen molar-refractivity contribution in [2.75, 3.05) is 13.2 Å². The molecule has 12 heavy (non-hydrogen) atoms. The molecule has 0 bridgehead atoms. The molecule has 2 nitrogen and oxygen atoms in total. The van der Waals surface area contributed by atoms with E-state index in [1.54, 1.807) is 0 Å². The van der Waals surface area contributed by atoms with Crippen LogP contribution < -0.4 is 0 Å². The third-order valence-corrected chi connectivity index (χ3v) is 1.18. The molecule has 0 fully saturated rings. The third kappa shape index (κ3) is 22.5. The van der Waals surface area contributed by atoms with Crippen molar-refractivity contribution in [2.45, 2.75) is 41.0 Å². The van der Waals surface area contributed by atoms with E-state index in [1.807, 2.05) is 20.8 Å². The lowest BCUT2D eigenvalue weighted by atomic mass is 9.99. The van der Waals surface area contributed by atoms with Gasteiger partial charge < -0.3 is 10.2 Å². The molecule has 0 radical (unpaired) electrons. The summed E-state index contributed by atoms with van der Waals surface area (Å²) < 4.78 is 0. The summed E-state index contributed by atoms with van der Waals surface area (Å²) in [5.74, 6) is 0.648. The second kappa shape index (κ2) is 7.56. The van der Waals surface area contributed by atoms with Gasteiger partial charge in [0.2, 0.25) is 0 Å². The van der Waals surface area contributed by atoms with Gasteiger partial charge in [-0.1, -0.05) is 34.6 Å². The van der Waals surface area contributed by atoms with E-state index in [1.165, 1.54) is 0 Å². The fraction of sp³-hybridized carbons (Fsp3) is 1.00. The Bertz CT molecular complexity index is 82.3. The summed E-state index contributed by atoms with van der Waals surface area (Å²) in [5, 5.41) is 16.6. The van der Waals surface area contributed by atoms with Gasteiger partial charge in [-0.3, -0.25) is 0 Å². The first-order chi connectivity index (χ1) is 5.33. The van der Waals surface area contributed by atoms with Crippen molar-refractivity contribution in [3.05, 3.63) is 0 Å². The van der Waals surface area contributed by atoms with Crippen LogP contribution in [-0.2, 0) is 0 Å². The van der Waals surface area contributed by atoms with Gasteiger partial charge in [-0.05, 0) is 17.8 Å². The number of hydrogen-bond acceptors (Lipinski definition) is 2. The predicted molar refractivity (Wildman–Crippen MR) is 53.1 cm³/mol. The van der Waals surface area contributed by atoms with Gasteiger partial charge in [0.1, 0.15) is 0 Å². The molecule has 0 aromatic rings. The zero-order valence-corrected chi connectivity index (χ0v) is 9.09. The Kier molecular flexibility index (Phi) is 9.10. The quantitative estimate of drug-likeness (QED) is 0.676. The molecule has 0 aliphatic carbocycles. The standard InChI is InChI=1S/2C5H12O/c1-5(2,3)4-6;1-5(2)3-4-6/h6H,4H2,1-3H3;5-6H,3-4H2,1-2H3. The van der Waals surface area contributed by atoms with Crippen molar-refractivity contribution in [1.29, 1.82) is 0 Å². The molecule has 2 heteroatoms. The molecule has 0 aromatic heterocycles. The number of aliphatic hydroxyl groups excluding tert-OH is 2. The Morgan fingerprint density at radius 2 is 1.42 bits per heavy atom. The molecule has 76 valence electrons. The van der Waals surface area contributed by atoms with Crippen molar-refractivity contribution in [1.82, 2.24) is 0 Å². The van der Waals surface area contributed by atoms with Gasteiger partial charge in [-0.15, -0.1) is 0 Å². The van der Waals surface area contributed by atoms with Gasteiger partial charge in [0.25, 0.3) is 0 Å². The summed E-state index contributed by atoms with van der Waals surface area (Å²) in [6, 6.07) is 0. The van der Waals surface area contributed by atoms with Crippen LogP contribution >= 0.6 is 0 Å². The summed E-state index contributed by atoms with van der Waals surface area (Å²) in [5.41, 5.74) is 0.0972. The van der Waals surface area contributed by atoms with E-state index in [0.717, 1.165) is 6.42 Å². The maximum absolute atomic E-state index is 8.40. The van der Waals surface area contributed by atoms with Crippen LogP contribution in [0.15, 0.2) is 0 Å². The first-order valence-corrected chi connectivity index (χ1v) is 4.55. The Morgan fingerprint density at radius 3 is 1.42 bits per heavy atom. The Labute approximate surface area is 76.6 Å².